The summed E-state index contributed by atoms with van der Waals surface area (Å²) in [5, 5.41) is 24.8. The minimum atomic E-state index is -4.35. The molecule has 7 aromatic rings. The van der Waals surface area contributed by atoms with E-state index in [2.05, 4.69) is 47.7 Å². The van der Waals surface area contributed by atoms with Crippen LogP contribution in [-0.2, 0) is 51.3 Å². The molecule has 0 aliphatic carbocycles. The standard InChI is InChI=1S/C28H29FN4OS.C24H27F3N4O2S/c29-24-13-9-12-23(20-24)21-35-28-32-31-26(33(28)25-14-5-2-6-15-25)16-7-8-17-27(34)30-19-18-22-10-3-1-4-11-22;1-33-16-15-28-22(32)10-6-5-9-21-29-30-23(31(21)20-7-3-2-4-8-20)34-17-18-11-13-19(14-12-18)24(25,26)27/h1-6,9-15,20H,7-8,16-19,21H2,(H,30,34);2-4,7-8,11-14H,5-6,9-10,15-17H2,1H3,(H,28,32). The zero-order valence-electron chi connectivity index (χ0n) is 38.4. The van der Waals surface area contributed by atoms with Crippen molar-refractivity contribution in [2.75, 3.05) is 26.8 Å². The quantitative estimate of drug-likeness (QED) is 0.0345. The number of para-hydroxylation sites is 2. The number of carbonyl (C=O) groups is 2. The summed E-state index contributed by atoms with van der Waals surface area (Å²) in [4.78, 5) is 24.1. The summed E-state index contributed by atoms with van der Waals surface area (Å²) in [6, 6.07) is 41.6. The van der Waals surface area contributed by atoms with Crippen LogP contribution in [0.3, 0.4) is 0 Å². The molecule has 0 saturated carbocycles. The van der Waals surface area contributed by atoms with Gasteiger partial charge >= 0.3 is 6.18 Å². The molecule has 0 unspecified atom stereocenters. The van der Waals surface area contributed by atoms with Crippen molar-refractivity contribution < 1.29 is 31.9 Å². The number of alkyl halides is 3. The third-order valence-corrected chi connectivity index (χ3v) is 12.7. The number of aromatic nitrogens is 6. The van der Waals surface area contributed by atoms with E-state index in [1.165, 1.54) is 47.3 Å². The van der Waals surface area contributed by atoms with Crippen LogP contribution in [0.2, 0.25) is 0 Å². The maximum absolute atomic E-state index is 13.5. The molecule has 69 heavy (non-hydrogen) atoms. The van der Waals surface area contributed by atoms with Crippen molar-refractivity contribution in [3.8, 4) is 11.4 Å². The van der Waals surface area contributed by atoms with Gasteiger partial charge in [0.1, 0.15) is 17.5 Å². The van der Waals surface area contributed by atoms with Crippen molar-refractivity contribution in [1.29, 1.82) is 0 Å². The van der Waals surface area contributed by atoms with Crippen LogP contribution in [-0.4, -0.2) is 68.1 Å². The Kier molecular flexibility index (Phi) is 20.9. The normalized spacial score (nSPS) is 11.2. The lowest BCUT2D eigenvalue weighted by molar-refractivity contribution is -0.137. The molecular weight excluding hydrogens is 925 g/mol. The van der Waals surface area contributed by atoms with E-state index >= 15 is 0 Å². The largest absolute Gasteiger partial charge is 0.416 e. The maximum Gasteiger partial charge on any atom is 0.416 e. The van der Waals surface area contributed by atoms with Gasteiger partial charge in [-0.2, -0.15) is 13.2 Å². The first-order valence-corrected chi connectivity index (χ1v) is 24.8. The smallest absolute Gasteiger partial charge is 0.383 e. The van der Waals surface area contributed by atoms with E-state index in [0.29, 0.717) is 62.0 Å². The van der Waals surface area contributed by atoms with Gasteiger partial charge in [-0.15, -0.1) is 20.4 Å². The van der Waals surface area contributed by atoms with E-state index in [4.69, 9.17) is 4.74 Å². The van der Waals surface area contributed by atoms with Crippen molar-refractivity contribution >= 4 is 35.3 Å². The number of halogens is 4. The predicted octanol–water partition coefficient (Wildman–Crippen LogP) is 10.8. The van der Waals surface area contributed by atoms with Crippen LogP contribution < -0.4 is 10.6 Å². The first-order valence-electron chi connectivity index (χ1n) is 22.8. The number of rotatable bonds is 24. The Balaban J connectivity index is 0.000000227. The first kappa shape index (κ1) is 52.1. The molecule has 2 aromatic heterocycles. The molecule has 0 fully saturated rings. The number of aryl methyl sites for hydroxylation is 2. The minimum Gasteiger partial charge on any atom is -0.383 e. The van der Waals surface area contributed by atoms with E-state index < -0.39 is 11.7 Å². The van der Waals surface area contributed by atoms with Gasteiger partial charge in [0.2, 0.25) is 11.8 Å². The first-order chi connectivity index (χ1) is 33.6. The van der Waals surface area contributed by atoms with Gasteiger partial charge in [-0.1, -0.05) is 115 Å². The molecule has 17 heteroatoms. The lowest BCUT2D eigenvalue weighted by atomic mass is 10.1. The number of thioether (sulfide) groups is 2. The molecule has 0 atom stereocenters. The van der Waals surface area contributed by atoms with Gasteiger partial charge in [0.15, 0.2) is 10.3 Å². The van der Waals surface area contributed by atoms with E-state index in [0.717, 1.165) is 83.5 Å². The summed E-state index contributed by atoms with van der Waals surface area (Å²) in [5.74, 6) is 2.54. The van der Waals surface area contributed by atoms with Crippen molar-refractivity contribution in [1.82, 2.24) is 40.2 Å². The maximum atomic E-state index is 13.5. The van der Waals surface area contributed by atoms with E-state index in [1.807, 2.05) is 89.5 Å². The Morgan fingerprint density at radius 2 is 1.06 bits per heavy atom. The third-order valence-electron chi connectivity index (χ3n) is 10.7. The highest BCUT2D eigenvalue weighted by Crippen LogP contribution is 2.31. The van der Waals surface area contributed by atoms with Crippen molar-refractivity contribution in [2.24, 2.45) is 0 Å². The van der Waals surface area contributed by atoms with Crippen LogP contribution in [0.15, 0.2) is 150 Å². The molecule has 5 aromatic carbocycles. The minimum absolute atomic E-state index is 0.00522. The molecule has 7 rings (SSSR count). The molecule has 0 radical (unpaired) electrons. The number of amides is 2. The van der Waals surface area contributed by atoms with Gasteiger partial charge in [-0.3, -0.25) is 18.7 Å². The van der Waals surface area contributed by atoms with Gasteiger partial charge < -0.3 is 15.4 Å². The van der Waals surface area contributed by atoms with Gasteiger partial charge in [-0.25, -0.2) is 4.39 Å². The lowest BCUT2D eigenvalue weighted by Gasteiger charge is -2.11. The number of nitrogens with one attached hydrogen (secondary N) is 2. The SMILES string of the molecule is COCCNC(=O)CCCCc1nnc(SCc2ccc(C(F)(F)F)cc2)n1-c1ccccc1.O=C(CCCCc1nnc(SCc2cccc(F)c2)n1-c1ccccc1)NCCc1ccccc1. The Hall–Kier alpha value is -6.30. The van der Waals surface area contributed by atoms with Crippen LogP contribution >= 0.6 is 23.5 Å². The van der Waals surface area contributed by atoms with E-state index in [1.54, 1.807) is 19.2 Å². The van der Waals surface area contributed by atoms with Crippen molar-refractivity contribution in [2.45, 2.75) is 85.8 Å². The molecule has 0 bridgehead atoms. The number of benzene rings is 5. The molecular formula is C52H56F4N8O3S2. The number of nitrogens with zero attached hydrogens (tertiary/aromatic N) is 6. The third kappa shape index (κ3) is 17.3. The number of ether oxygens (including phenoxy) is 1. The fraction of sp³-hybridized carbons (Fsp3) is 0.308. The van der Waals surface area contributed by atoms with Crippen LogP contribution in [0.4, 0.5) is 17.6 Å². The average molecular weight is 981 g/mol. The Morgan fingerprint density at radius 3 is 1.57 bits per heavy atom. The fourth-order valence-electron chi connectivity index (χ4n) is 7.09. The summed E-state index contributed by atoms with van der Waals surface area (Å²) >= 11 is 2.95. The Bertz CT molecular complexity index is 2620. The van der Waals surface area contributed by atoms with Crippen LogP contribution in [0, 0.1) is 5.82 Å². The summed E-state index contributed by atoms with van der Waals surface area (Å²) in [5.41, 5.74) is 4.13. The fourth-order valence-corrected chi connectivity index (χ4v) is 8.93. The van der Waals surface area contributed by atoms with Crippen LogP contribution in [0.1, 0.15) is 72.4 Å². The number of carbonyl (C=O) groups excluding carboxylic acids is 2. The zero-order valence-corrected chi connectivity index (χ0v) is 40.0. The second kappa shape index (κ2) is 27.6. The highest BCUT2D eigenvalue weighted by atomic mass is 32.2. The molecule has 0 spiro atoms. The summed E-state index contributed by atoms with van der Waals surface area (Å²) in [6.07, 6.45) is 1.89. The second-order valence-corrected chi connectivity index (χ2v) is 17.8. The number of methoxy groups -OCH3 is 1. The lowest BCUT2D eigenvalue weighted by Crippen LogP contribution is -2.26. The molecule has 2 heterocycles. The molecule has 0 aliphatic rings. The molecule has 362 valence electrons. The van der Waals surface area contributed by atoms with Crippen molar-refractivity contribution in [3.05, 3.63) is 179 Å². The molecule has 2 N–H and O–H groups in total. The summed E-state index contributed by atoms with van der Waals surface area (Å²) < 4.78 is 60.9. The van der Waals surface area contributed by atoms with Gasteiger partial charge in [0.25, 0.3) is 0 Å². The monoisotopic (exact) mass is 980 g/mol. The number of unbranched alkanes of at least 4 members (excludes halogenated alkanes) is 2. The zero-order chi connectivity index (χ0) is 48.7. The second-order valence-electron chi connectivity index (χ2n) is 15.9. The number of hydrogen-bond acceptors (Lipinski definition) is 9. The Morgan fingerprint density at radius 1 is 0.565 bits per heavy atom. The summed E-state index contributed by atoms with van der Waals surface area (Å²) in [7, 11) is 1.59. The van der Waals surface area contributed by atoms with Gasteiger partial charge in [0.05, 0.1) is 12.2 Å². The molecule has 2 amide bonds. The van der Waals surface area contributed by atoms with Gasteiger partial charge in [0, 0.05) is 68.8 Å². The molecule has 0 saturated heterocycles. The average Bonchev–Trinajstić information content (AvgIpc) is 3.97. The highest BCUT2D eigenvalue weighted by molar-refractivity contribution is 7.98. The van der Waals surface area contributed by atoms with E-state index in [-0.39, 0.29) is 17.6 Å². The summed E-state index contributed by atoms with van der Waals surface area (Å²) in [6.45, 7) is 1.63. The van der Waals surface area contributed by atoms with E-state index in [9.17, 15) is 27.2 Å². The topological polar surface area (TPSA) is 129 Å². The van der Waals surface area contributed by atoms with Gasteiger partial charge in [-0.05, 0) is 97.3 Å². The van der Waals surface area contributed by atoms with Crippen molar-refractivity contribution in [3.63, 3.8) is 0 Å². The molecule has 0 aliphatic heterocycles. The number of hydrogen-bond donors (Lipinski definition) is 2. The Labute approximate surface area is 408 Å². The van der Waals surface area contributed by atoms with Crippen LogP contribution in [0.5, 0.6) is 0 Å². The molecule has 11 nitrogen and oxygen atoms in total. The highest BCUT2D eigenvalue weighted by Gasteiger charge is 2.30. The predicted molar refractivity (Wildman–Crippen MR) is 263 cm³/mol. The van der Waals surface area contributed by atoms with Crippen LogP contribution in [0.25, 0.3) is 11.4 Å².